The summed E-state index contributed by atoms with van der Waals surface area (Å²) in [5, 5.41) is 5.27. The maximum absolute atomic E-state index is 12.4. The van der Waals surface area contributed by atoms with Crippen LogP contribution in [-0.4, -0.2) is 59.3 Å². The minimum Gasteiger partial charge on any atom is -0.351 e. The van der Waals surface area contributed by atoms with Crippen LogP contribution in [0.3, 0.4) is 0 Å². The SMILES string of the molecule is O=C(CNC(=O)C1CCC(CNS(=O)(=O)c2ccccc2)CC1)N[C@H]1CCS(=O)(=O)C1. The van der Waals surface area contributed by atoms with Gasteiger partial charge in [-0.2, -0.15) is 0 Å². The Labute approximate surface area is 183 Å². The Morgan fingerprint density at radius 1 is 1.00 bits per heavy atom. The van der Waals surface area contributed by atoms with E-state index in [9.17, 15) is 26.4 Å². The molecule has 1 aliphatic carbocycles. The first-order valence-corrected chi connectivity index (χ1v) is 13.8. The van der Waals surface area contributed by atoms with Crippen LogP contribution >= 0.6 is 0 Å². The van der Waals surface area contributed by atoms with Crippen LogP contribution in [0, 0.1) is 11.8 Å². The molecule has 0 bridgehead atoms. The average molecular weight is 472 g/mol. The standard InChI is InChI=1S/C20H29N3O6S2/c24-19(23-17-10-11-30(26,27)14-17)13-21-20(25)16-8-6-15(7-9-16)12-22-31(28,29)18-4-2-1-3-5-18/h1-5,15-17,22H,6-14H2,(H,21,25)(H,23,24)/t15?,16?,17-/m0/s1. The van der Waals surface area contributed by atoms with Crippen molar-refractivity contribution in [2.75, 3.05) is 24.6 Å². The van der Waals surface area contributed by atoms with E-state index in [1.54, 1.807) is 30.3 Å². The molecule has 9 nitrogen and oxygen atoms in total. The van der Waals surface area contributed by atoms with Crippen molar-refractivity contribution in [1.82, 2.24) is 15.4 Å². The minimum absolute atomic E-state index is 0.0509. The molecule has 1 aromatic carbocycles. The Morgan fingerprint density at radius 3 is 2.29 bits per heavy atom. The number of sulfonamides is 1. The summed E-state index contributed by atoms with van der Waals surface area (Å²) in [5.41, 5.74) is 0. The predicted molar refractivity (Wildman–Crippen MR) is 115 cm³/mol. The molecule has 1 heterocycles. The number of nitrogens with one attached hydrogen (secondary N) is 3. The van der Waals surface area contributed by atoms with Crippen LogP contribution in [-0.2, 0) is 29.4 Å². The van der Waals surface area contributed by atoms with E-state index in [2.05, 4.69) is 15.4 Å². The smallest absolute Gasteiger partial charge is 0.240 e. The van der Waals surface area contributed by atoms with Crippen LogP contribution in [0.1, 0.15) is 32.1 Å². The summed E-state index contributed by atoms with van der Waals surface area (Å²) in [5.74, 6) is -0.603. The van der Waals surface area contributed by atoms with E-state index >= 15 is 0 Å². The summed E-state index contributed by atoms with van der Waals surface area (Å²) >= 11 is 0. The Bertz CT molecular complexity index is 987. The second-order valence-corrected chi connectivity index (χ2v) is 12.3. The molecule has 1 saturated carbocycles. The zero-order valence-corrected chi connectivity index (χ0v) is 18.9. The first-order chi connectivity index (χ1) is 14.6. The van der Waals surface area contributed by atoms with Gasteiger partial charge in [0.2, 0.25) is 21.8 Å². The molecule has 11 heteroatoms. The number of hydrogen-bond acceptors (Lipinski definition) is 6. The van der Waals surface area contributed by atoms with Crippen molar-refractivity contribution in [2.24, 2.45) is 11.8 Å². The molecular formula is C20H29N3O6S2. The van der Waals surface area contributed by atoms with Crippen LogP contribution in [0.2, 0.25) is 0 Å². The highest BCUT2D eigenvalue weighted by molar-refractivity contribution is 7.91. The zero-order valence-electron chi connectivity index (χ0n) is 17.2. The lowest BCUT2D eigenvalue weighted by Gasteiger charge is -2.27. The summed E-state index contributed by atoms with van der Waals surface area (Å²) in [7, 11) is -6.61. The molecule has 1 saturated heterocycles. The largest absolute Gasteiger partial charge is 0.351 e. The number of carbonyl (C=O) groups excluding carboxylic acids is 2. The Kier molecular flexibility index (Phi) is 7.71. The lowest BCUT2D eigenvalue weighted by molar-refractivity contribution is -0.129. The molecule has 2 aliphatic rings. The van der Waals surface area contributed by atoms with Crippen molar-refractivity contribution in [1.29, 1.82) is 0 Å². The molecule has 2 fully saturated rings. The van der Waals surface area contributed by atoms with Crippen molar-refractivity contribution >= 4 is 31.7 Å². The maximum Gasteiger partial charge on any atom is 0.240 e. The van der Waals surface area contributed by atoms with Gasteiger partial charge in [0.25, 0.3) is 0 Å². The molecule has 3 N–H and O–H groups in total. The van der Waals surface area contributed by atoms with Gasteiger partial charge in [-0.1, -0.05) is 18.2 Å². The van der Waals surface area contributed by atoms with Crippen LogP contribution in [0.25, 0.3) is 0 Å². The molecule has 1 atom stereocenters. The van der Waals surface area contributed by atoms with E-state index in [-0.39, 0.29) is 52.6 Å². The molecule has 31 heavy (non-hydrogen) atoms. The third-order valence-corrected chi connectivity index (χ3v) is 9.06. The number of amides is 2. The monoisotopic (exact) mass is 471 g/mol. The second kappa shape index (κ2) is 10.1. The van der Waals surface area contributed by atoms with E-state index in [0.717, 1.165) is 12.8 Å². The lowest BCUT2D eigenvalue weighted by Crippen LogP contribution is -2.44. The van der Waals surface area contributed by atoms with Gasteiger partial charge in [0.1, 0.15) is 0 Å². The van der Waals surface area contributed by atoms with Gasteiger partial charge in [-0.05, 0) is 50.2 Å². The number of benzene rings is 1. The number of sulfone groups is 1. The molecule has 1 aliphatic heterocycles. The average Bonchev–Trinajstić information content (AvgIpc) is 3.09. The first-order valence-electron chi connectivity index (χ1n) is 10.5. The molecule has 3 rings (SSSR count). The van der Waals surface area contributed by atoms with E-state index in [0.29, 0.717) is 25.8 Å². The second-order valence-electron chi connectivity index (χ2n) is 8.27. The van der Waals surface area contributed by atoms with E-state index in [1.807, 2.05) is 0 Å². The first kappa shape index (κ1) is 23.7. The lowest BCUT2D eigenvalue weighted by atomic mass is 9.81. The van der Waals surface area contributed by atoms with Crippen LogP contribution in [0.15, 0.2) is 35.2 Å². The third kappa shape index (κ3) is 7.01. The number of rotatable bonds is 8. The van der Waals surface area contributed by atoms with Gasteiger partial charge < -0.3 is 10.6 Å². The Hall–Kier alpha value is -1.98. The van der Waals surface area contributed by atoms with Gasteiger partial charge in [0.05, 0.1) is 22.9 Å². The fraction of sp³-hybridized carbons (Fsp3) is 0.600. The fourth-order valence-electron chi connectivity index (χ4n) is 4.04. The van der Waals surface area contributed by atoms with Gasteiger partial charge in [0, 0.05) is 18.5 Å². The van der Waals surface area contributed by atoms with E-state index in [4.69, 9.17) is 0 Å². The normalized spacial score (nSPS) is 25.6. The summed E-state index contributed by atoms with van der Waals surface area (Å²) in [6.07, 6.45) is 3.11. The molecule has 0 radical (unpaired) electrons. The summed E-state index contributed by atoms with van der Waals surface area (Å²) in [6.45, 7) is 0.157. The van der Waals surface area contributed by atoms with Gasteiger partial charge >= 0.3 is 0 Å². The molecule has 0 aromatic heterocycles. The number of hydrogen-bond donors (Lipinski definition) is 3. The predicted octanol–water partition coefficient (Wildman–Crippen LogP) is 0.191. The Balaban J connectivity index is 1.35. The highest BCUT2D eigenvalue weighted by atomic mass is 32.2. The highest BCUT2D eigenvalue weighted by Gasteiger charge is 2.30. The van der Waals surface area contributed by atoms with Crippen molar-refractivity contribution in [2.45, 2.75) is 43.0 Å². The van der Waals surface area contributed by atoms with Crippen molar-refractivity contribution in [3.63, 3.8) is 0 Å². The molecule has 2 amide bonds. The Morgan fingerprint density at radius 2 is 1.68 bits per heavy atom. The zero-order chi connectivity index (χ0) is 22.5. The van der Waals surface area contributed by atoms with Gasteiger partial charge in [-0.3, -0.25) is 9.59 Å². The summed E-state index contributed by atoms with van der Waals surface area (Å²) < 4.78 is 50.1. The van der Waals surface area contributed by atoms with Gasteiger partial charge in [0.15, 0.2) is 9.84 Å². The van der Waals surface area contributed by atoms with Gasteiger partial charge in [-0.25, -0.2) is 21.6 Å². The quantitative estimate of drug-likeness (QED) is 0.495. The summed E-state index contributed by atoms with van der Waals surface area (Å²) in [6, 6.07) is 7.82. The van der Waals surface area contributed by atoms with Crippen LogP contribution in [0.4, 0.5) is 0 Å². The maximum atomic E-state index is 12.4. The molecule has 1 aromatic rings. The topological polar surface area (TPSA) is 139 Å². The van der Waals surface area contributed by atoms with Crippen molar-refractivity contribution in [3.05, 3.63) is 30.3 Å². The minimum atomic E-state index is -3.54. The van der Waals surface area contributed by atoms with Crippen molar-refractivity contribution in [3.8, 4) is 0 Å². The summed E-state index contributed by atoms with van der Waals surface area (Å²) in [4.78, 5) is 24.5. The van der Waals surface area contributed by atoms with Crippen molar-refractivity contribution < 1.29 is 26.4 Å². The highest BCUT2D eigenvalue weighted by Crippen LogP contribution is 2.28. The molecule has 0 spiro atoms. The molecule has 0 unspecified atom stereocenters. The van der Waals surface area contributed by atoms with Crippen LogP contribution in [0.5, 0.6) is 0 Å². The third-order valence-electron chi connectivity index (χ3n) is 5.85. The molecular weight excluding hydrogens is 442 g/mol. The van der Waals surface area contributed by atoms with Crippen LogP contribution < -0.4 is 15.4 Å². The molecule has 172 valence electrons. The van der Waals surface area contributed by atoms with Gasteiger partial charge in [-0.15, -0.1) is 0 Å². The van der Waals surface area contributed by atoms with E-state index < -0.39 is 19.9 Å². The fourth-order valence-corrected chi connectivity index (χ4v) is 6.85. The number of carbonyl (C=O) groups is 2. The van der Waals surface area contributed by atoms with E-state index in [1.165, 1.54) is 0 Å².